The zero-order valence-corrected chi connectivity index (χ0v) is 12.9. The van der Waals surface area contributed by atoms with E-state index in [9.17, 15) is 19.4 Å². The van der Waals surface area contributed by atoms with Gasteiger partial charge < -0.3 is 14.9 Å². The van der Waals surface area contributed by atoms with Gasteiger partial charge in [-0.2, -0.15) is 0 Å². The van der Waals surface area contributed by atoms with E-state index in [0.29, 0.717) is 30.9 Å². The molecule has 0 spiro atoms. The topological polar surface area (TPSA) is 70.0 Å². The third kappa shape index (κ3) is 3.72. The summed E-state index contributed by atoms with van der Waals surface area (Å²) in [6, 6.07) is 12.6. The summed E-state index contributed by atoms with van der Waals surface area (Å²) in [5.41, 5.74) is 0.935. The highest BCUT2D eigenvalue weighted by atomic mass is 19.1. The number of carboxylic acids is 1. The zero-order chi connectivity index (χ0) is 17.1. The van der Waals surface area contributed by atoms with Crippen molar-refractivity contribution in [3.05, 3.63) is 65.5 Å². The van der Waals surface area contributed by atoms with Crippen molar-refractivity contribution >= 4 is 5.97 Å². The Bertz CT molecular complexity index is 736. The molecule has 0 unspecified atom stereocenters. The Labute approximate surface area is 138 Å². The first-order valence-corrected chi connectivity index (χ1v) is 7.67. The summed E-state index contributed by atoms with van der Waals surface area (Å²) in [4.78, 5) is 13.2. The van der Waals surface area contributed by atoms with Gasteiger partial charge >= 0.3 is 5.97 Å². The van der Waals surface area contributed by atoms with Crippen molar-refractivity contribution in [3.63, 3.8) is 0 Å². The molecule has 1 aliphatic rings. The van der Waals surface area contributed by atoms with Crippen LogP contribution in [0.3, 0.4) is 0 Å². The van der Waals surface area contributed by atoms with Crippen molar-refractivity contribution < 1.29 is 24.1 Å². The van der Waals surface area contributed by atoms with E-state index in [1.54, 1.807) is 36.4 Å². The number of aliphatic hydroxyl groups is 1. The monoisotopic (exact) mass is 331 g/mol. The summed E-state index contributed by atoms with van der Waals surface area (Å²) >= 11 is 0. The van der Waals surface area contributed by atoms with E-state index in [4.69, 9.17) is 4.74 Å². The van der Waals surface area contributed by atoms with Gasteiger partial charge in [0.25, 0.3) is 0 Å². The third-order valence-electron chi connectivity index (χ3n) is 4.04. The van der Waals surface area contributed by atoms with Crippen LogP contribution in [0.2, 0.25) is 0 Å². The molecule has 2 aromatic rings. The van der Waals surface area contributed by atoms with Gasteiger partial charge in [0.15, 0.2) is 0 Å². The van der Waals surface area contributed by atoms with E-state index in [0.717, 1.165) is 0 Å². The summed E-state index contributed by atoms with van der Waals surface area (Å²) in [6.45, 7) is 1.21. The number of rotatable bonds is 5. The normalized spacial score (nSPS) is 20.9. The van der Waals surface area contributed by atoms with E-state index >= 15 is 0 Å². The fraction of sp³-hybridized carbons (Fsp3) is 0.278. The summed E-state index contributed by atoms with van der Waals surface area (Å²) in [7, 11) is 0. The minimum Gasteiger partial charge on any atom is -0.486 e. The molecule has 2 N–H and O–H groups in total. The van der Waals surface area contributed by atoms with E-state index < -0.39 is 24.0 Å². The van der Waals surface area contributed by atoms with E-state index in [1.165, 1.54) is 12.1 Å². The van der Waals surface area contributed by atoms with Crippen LogP contribution in [0.5, 0.6) is 5.75 Å². The Morgan fingerprint density at radius 3 is 2.75 bits per heavy atom. The first-order valence-electron chi connectivity index (χ1n) is 7.67. The van der Waals surface area contributed by atoms with Crippen LogP contribution < -0.4 is 4.74 Å². The van der Waals surface area contributed by atoms with E-state index in [1.807, 2.05) is 4.90 Å². The number of carbonyl (C=O) groups is 1. The standard InChI is InChI=1S/C18H18FNO4/c19-13-5-3-6-14(8-13)24-17-11-20(10-16(17)21)9-12-4-1-2-7-15(12)18(22)23/h1-8,16-17,21H,9-11H2,(H,22,23)/t16-,17-/m1/s1. The lowest BCUT2D eigenvalue weighted by atomic mass is 10.1. The molecule has 0 saturated carbocycles. The molecule has 2 atom stereocenters. The van der Waals surface area contributed by atoms with Crippen molar-refractivity contribution in [3.8, 4) is 5.75 Å². The zero-order valence-electron chi connectivity index (χ0n) is 12.9. The van der Waals surface area contributed by atoms with Crippen molar-refractivity contribution in [1.82, 2.24) is 4.90 Å². The van der Waals surface area contributed by atoms with Crippen LogP contribution in [-0.4, -0.2) is 46.4 Å². The SMILES string of the molecule is O=C(O)c1ccccc1CN1C[C@@H](O)[C@H](Oc2cccc(F)c2)C1. The molecule has 1 saturated heterocycles. The van der Waals surface area contributed by atoms with Crippen LogP contribution in [0, 0.1) is 5.82 Å². The number of nitrogens with zero attached hydrogens (tertiary/aromatic N) is 1. The smallest absolute Gasteiger partial charge is 0.336 e. The van der Waals surface area contributed by atoms with Gasteiger partial charge in [-0.15, -0.1) is 0 Å². The number of aromatic carboxylic acids is 1. The highest BCUT2D eigenvalue weighted by Gasteiger charge is 2.33. The molecule has 0 radical (unpaired) electrons. The molecule has 0 amide bonds. The summed E-state index contributed by atoms with van der Waals surface area (Å²) in [5.74, 6) is -1.00. The number of benzene rings is 2. The molecule has 1 fully saturated rings. The van der Waals surface area contributed by atoms with Crippen molar-refractivity contribution in [2.75, 3.05) is 13.1 Å². The van der Waals surface area contributed by atoms with Gasteiger partial charge in [0.05, 0.1) is 5.56 Å². The number of carboxylic acid groups (broad SMARTS) is 1. The summed E-state index contributed by atoms with van der Waals surface area (Å²) in [5, 5.41) is 19.4. The van der Waals surface area contributed by atoms with E-state index in [-0.39, 0.29) is 5.56 Å². The predicted octanol–water partition coefficient (Wildman–Crippen LogP) is 2.15. The van der Waals surface area contributed by atoms with Crippen LogP contribution in [0.1, 0.15) is 15.9 Å². The van der Waals surface area contributed by atoms with Crippen LogP contribution in [0.25, 0.3) is 0 Å². The molecule has 5 nitrogen and oxygen atoms in total. The molecular weight excluding hydrogens is 313 g/mol. The quantitative estimate of drug-likeness (QED) is 0.878. The summed E-state index contributed by atoms with van der Waals surface area (Å²) < 4.78 is 18.9. The van der Waals surface area contributed by atoms with Gasteiger partial charge in [-0.25, -0.2) is 9.18 Å². The average molecular weight is 331 g/mol. The van der Waals surface area contributed by atoms with E-state index in [2.05, 4.69) is 0 Å². The third-order valence-corrected chi connectivity index (χ3v) is 4.04. The minimum atomic E-state index is -0.974. The first-order chi connectivity index (χ1) is 11.5. The van der Waals surface area contributed by atoms with Crippen LogP contribution in [0.4, 0.5) is 4.39 Å². The highest BCUT2D eigenvalue weighted by molar-refractivity contribution is 5.89. The lowest BCUT2D eigenvalue weighted by Gasteiger charge is -2.18. The molecule has 0 aromatic heterocycles. The molecule has 1 aliphatic heterocycles. The molecule has 6 heteroatoms. The Balaban J connectivity index is 1.67. The molecule has 0 aliphatic carbocycles. The number of β-amino-alcohol motifs (C(OH)–C–C–N with tert-alkyl or cyclic N) is 1. The molecule has 126 valence electrons. The first kappa shape index (κ1) is 16.4. The Kier molecular flexibility index (Phi) is 4.78. The maximum absolute atomic E-state index is 13.2. The van der Waals surface area contributed by atoms with Crippen LogP contribution in [-0.2, 0) is 6.54 Å². The van der Waals surface area contributed by atoms with Gasteiger partial charge in [-0.05, 0) is 23.8 Å². The lowest BCUT2D eigenvalue weighted by molar-refractivity contribution is 0.0694. The van der Waals surface area contributed by atoms with Crippen LogP contribution >= 0.6 is 0 Å². The van der Waals surface area contributed by atoms with Gasteiger partial charge in [0.2, 0.25) is 0 Å². The average Bonchev–Trinajstić information content (AvgIpc) is 2.87. The van der Waals surface area contributed by atoms with Crippen LogP contribution in [0.15, 0.2) is 48.5 Å². The number of likely N-dealkylation sites (tertiary alicyclic amines) is 1. The van der Waals surface area contributed by atoms with Crippen molar-refractivity contribution in [2.24, 2.45) is 0 Å². The fourth-order valence-corrected chi connectivity index (χ4v) is 2.90. The molecule has 0 bridgehead atoms. The highest BCUT2D eigenvalue weighted by Crippen LogP contribution is 2.22. The Morgan fingerprint density at radius 2 is 2.00 bits per heavy atom. The summed E-state index contributed by atoms with van der Waals surface area (Å²) in [6.07, 6.45) is -1.20. The number of aliphatic hydroxyl groups excluding tert-OH is 1. The van der Waals surface area contributed by atoms with Gasteiger partial charge in [0.1, 0.15) is 23.8 Å². The second-order valence-electron chi connectivity index (χ2n) is 5.84. The Hall–Kier alpha value is -2.44. The molecule has 1 heterocycles. The Morgan fingerprint density at radius 1 is 1.21 bits per heavy atom. The largest absolute Gasteiger partial charge is 0.486 e. The van der Waals surface area contributed by atoms with Crippen molar-refractivity contribution in [1.29, 1.82) is 0 Å². The molecule has 2 aromatic carbocycles. The predicted molar refractivity (Wildman–Crippen MR) is 85.5 cm³/mol. The van der Waals surface area contributed by atoms with Crippen molar-refractivity contribution in [2.45, 2.75) is 18.8 Å². The number of halogens is 1. The minimum absolute atomic E-state index is 0.251. The number of hydrogen-bond acceptors (Lipinski definition) is 4. The maximum atomic E-state index is 13.2. The number of ether oxygens (including phenoxy) is 1. The maximum Gasteiger partial charge on any atom is 0.336 e. The number of hydrogen-bond donors (Lipinski definition) is 2. The fourth-order valence-electron chi connectivity index (χ4n) is 2.90. The van der Waals surface area contributed by atoms with Gasteiger partial charge in [-0.1, -0.05) is 24.3 Å². The van der Waals surface area contributed by atoms with Gasteiger partial charge in [0, 0.05) is 25.7 Å². The molecular formula is C18H18FNO4. The second kappa shape index (κ2) is 6.98. The molecule has 3 rings (SSSR count). The van der Waals surface area contributed by atoms with Gasteiger partial charge in [-0.3, -0.25) is 4.90 Å². The second-order valence-corrected chi connectivity index (χ2v) is 5.84. The lowest BCUT2D eigenvalue weighted by Crippen LogP contribution is -2.30. The molecule has 24 heavy (non-hydrogen) atoms.